The molecule has 1 aromatic carbocycles. The lowest BCUT2D eigenvalue weighted by Crippen LogP contribution is -2.38. The lowest BCUT2D eigenvalue weighted by Gasteiger charge is -2.16. The Morgan fingerprint density at radius 2 is 2.00 bits per heavy atom. The molecular weight excluding hydrogens is 408 g/mol. The van der Waals surface area contributed by atoms with Crippen LogP contribution in [0.5, 0.6) is 0 Å². The van der Waals surface area contributed by atoms with Crippen LogP contribution in [-0.2, 0) is 6.42 Å². The monoisotopic (exact) mass is 444 g/mol. The molecule has 0 amide bonds. The second kappa shape index (κ2) is 12.7. The fraction of sp³-hybridized carbons (Fsp3) is 0.609. The van der Waals surface area contributed by atoms with Crippen LogP contribution in [0.25, 0.3) is 0 Å². The number of aliphatic imine (C=N–C) groups is 1. The van der Waals surface area contributed by atoms with Crippen molar-refractivity contribution < 1.29 is 5.11 Å². The summed E-state index contributed by atoms with van der Waals surface area (Å²) in [5.74, 6) is 1.89. The van der Waals surface area contributed by atoms with Crippen LogP contribution in [0.15, 0.2) is 40.5 Å². The van der Waals surface area contributed by atoms with E-state index in [4.69, 9.17) is 4.99 Å². The Labute approximate surface area is 190 Å². The summed E-state index contributed by atoms with van der Waals surface area (Å²) in [6.45, 7) is 4.25. The van der Waals surface area contributed by atoms with E-state index in [1.54, 1.807) is 11.8 Å². The molecule has 3 rings (SSSR count). The van der Waals surface area contributed by atoms with E-state index in [0.717, 1.165) is 48.4 Å². The average molecular weight is 445 g/mol. The lowest BCUT2D eigenvalue weighted by atomic mass is 10.1. The Morgan fingerprint density at radius 1 is 1.23 bits per heavy atom. The van der Waals surface area contributed by atoms with Gasteiger partial charge < -0.3 is 20.3 Å². The number of benzene rings is 1. The van der Waals surface area contributed by atoms with Crippen molar-refractivity contribution in [1.29, 1.82) is 0 Å². The Hall–Kier alpha value is -2.06. The fourth-order valence-electron chi connectivity index (χ4n) is 4.09. The smallest absolute Gasteiger partial charge is 0.191 e. The van der Waals surface area contributed by atoms with Crippen molar-refractivity contribution in [2.75, 3.05) is 25.9 Å². The second-order valence-electron chi connectivity index (χ2n) is 7.92. The number of thioether (sulfide) groups is 1. The van der Waals surface area contributed by atoms with E-state index in [-0.39, 0.29) is 0 Å². The van der Waals surface area contributed by atoms with Crippen molar-refractivity contribution in [3.05, 3.63) is 41.7 Å². The second-order valence-corrected chi connectivity index (χ2v) is 8.69. The third-order valence-electron chi connectivity index (χ3n) is 5.67. The maximum atomic E-state index is 10.3. The molecule has 0 radical (unpaired) electrons. The third-order valence-corrected chi connectivity index (χ3v) is 6.32. The van der Waals surface area contributed by atoms with Gasteiger partial charge in [0.25, 0.3) is 0 Å². The van der Waals surface area contributed by atoms with E-state index in [0.29, 0.717) is 19.0 Å². The zero-order chi connectivity index (χ0) is 21.9. The van der Waals surface area contributed by atoms with E-state index in [9.17, 15) is 5.11 Å². The van der Waals surface area contributed by atoms with E-state index in [1.165, 1.54) is 25.7 Å². The molecule has 1 unspecified atom stereocenters. The summed E-state index contributed by atoms with van der Waals surface area (Å²) in [6.07, 6.45) is 9.14. The first-order valence-corrected chi connectivity index (χ1v) is 12.7. The van der Waals surface area contributed by atoms with Crippen molar-refractivity contribution in [1.82, 2.24) is 25.4 Å². The third kappa shape index (κ3) is 6.97. The van der Waals surface area contributed by atoms with Crippen LogP contribution < -0.4 is 10.6 Å². The normalized spacial score (nSPS) is 15.9. The molecule has 3 N–H and O–H groups in total. The van der Waals surface area contributed by atoms with Gasteiger partial charge in [0, 0.05) is 32.1 Å². The van der Waals surface area contributed by atoms with Crippen molar-refractivity contribution in [2.45, 2.75) is 69.2 Å². The molecule has 0 bridgehead atoms. The Kier molecular flexibility index (Phi) is 9.68. The van der Waals surface area contributed by atoms with Gasteiger partial charge in [-0.15, -0.1) is 10.2 Å². The van der Waals surface area contributed by atoms with Crippen molar-refractivity contribution in [3.8, 4) is 0 Å². The molecule has 1 aliphatic carbocycles. The van der Waals surface area contributed by atoms with E-state index in [2.05, 4.69) is 38.6 Å². The summed E-state index contributed by atoms with van der Waals surface area (Å²) in [4.78, 5) is 4.70. The Morgan fingerprint density at radius 3 is 2.71 bits per heavy atom. The van der Waals surface area contributed by atoms with Crippen molar-refractivity contribution in [3.63, 3.8) is 0 Å². The van der Waals surface area contributed by atoms with Gasteiger partial charge >= 0.3 is 0 Å². The molecule has 8 heteroatoms. The van der Waals surface area contributed by atoms with Crippen LogP contribution in [0.2, 0.25) is 0 Å². The molecule has 1 fully saturated rings. The van der Waals surface area contributed by atoms with Gasteiger partial charge in [0.05, 0.1) is 6.10 Å². The fourth-order valence-corrected chi connectivity index (χ4v) is 4.66. The first-order valence-electron chi connectivity index (χ1n) is 11.5. The molecule has 1 aromatic heterocycles. The minimum atomic E-state index is -0.468. The maximum Gasteiger partial charge on any atom is 0.191 e. The summed E-state index contributed by atoms with van der Waals surface area (Å²) in [5, 5.41) is 26.8. The van der Waals surface area contributed by atoms with E-state index in [1.807, 2.05) is 30.3 Å². The number of aliphatic hydroxyl groups excluding tert-OH is 1. The van der Waals surface area contributed by atoms with Gasteiger partial charge in [-0.2, -0.15) is 0 Å². The molecule has 2 aromatic rings. The minimum Gasteiger partial charge on any atom is -0.388 e. The molecule has 31 heavy (non-hydrogen) atoms. The van der Waals surface area contributed by atoms with Crippen LogP contribution in [0.1, 0.15) is 69.0 Å². The number of aliphatic hydroxyl groups is 1. The average Bonchev–Trinajstić information content (AvgIpc) is 3.46. The summed E-state index contributed by atoms with van der Waals surface area (Å²) < 4.78 is 2.37. The predicted octanol–water partition coefficient (Wildman–Crippen LogP) is 3.73. The number of hydrogen-bond acceptors (Lipinski definition) is 5. The van der Waals surface area contributed by atoms with Crippen LogP contribution in [0.3, 0.4) is 0 Å². The Balaban J connectivity index is 1.47. The molecule has 170 valence electrons. The van der Waals surface area contributed by atoms with Gasteiger partial charge in [-0.05, 0) is 44.4 Å². The summed E-state index contributed by atoms with van der Waals surface area (Å²) in [7, 11) is 0. The molecule has 1 aliphatic rings. The van der Waals surface area contributed by atoms with Crippen LogP contribution in [0, 0.1) is 0 Å². The highest BCUT2D eigenvalue weighted by Gasteiger charge is 2.23. The topological polar surface area (TPSA) is 87.4 Å². The molecule has 0 spiro atoms. The van der Waals surface area contributed by atoms with Crippen LogP contribution >= 0.6 is 11.8 Å². The van der Waals surface area contributed by atoms with Gasteiger partial charge in [-0.3, -0.25) is 4.99 Å². The molecule has 0 saturated heterocycles. The molecular formula is C23H36N6OS. The van der Waals surface area contributed by atoms with Crippen LogP contribution in [-0.4, -0.2) is 51.7 Å². The van der Waals surface area contributed by atoms with Gasteiger partial charge in [0.2, 0.25) is 0 Å². The molecule has 1 saturated carbocycles. The maximum absolute atomic E-state index is 10.3. The number of aryl methyl sites for hydroxylation is 1. The van der Waals surface area contributed by atoms with Crippen LogP contribution in [0.4, 0.5) is 0 Å². The summed E-state index contributed by atoms with van der Waals surface area (Å²) in [5.41, 5.74) is 0.947. The number of aromatic nitrogens is 3. The Bertz CT molecular complexity index is 804. The highest BCUT2D eigenvalue weighted by Crippen LogP contribution is 2.33. The minimum absolute atomic E-state index is 0.468. The first kappa shape index (κ1) is 23.6. The van der Waals surface area contributed by atoms with Crippen molar-refractivity contribution in [2.24, 2.45) is 4.99 Å². The molecule has 1 atom stereocenters. The number of nitrogens with one attached hydrogen (secondary N) is 2. The first-order chi connectivity index (χ1) is 15.2. The molecule has 0 aliphatic heterocycles. The van der Waals surface area contributed by atoms with E-state index >= 15 is 0 Å². The SMILES string of the molecule is CCNC(=NCCCc1nnc(SC)n1C1CCCC1)NCCC(O)c1ccccc1. The molecule has 7 nitrogen and oxygen atoms in total. The zero-order valence-electron chi connectivity index (χ0n) is 18.8. The standard InChI is InChI=1S/C23H36N6OS/c1-3-24-22(26-17-15-20(30)18-10-5-4-6-11-18)25-16-9-14-21-27-28-23(31-2)29(21)19-12-7-8-13-19/h4-6,10-11,19-20,30H,3,7-9,12-17H2,1-2H3,(H2,24,25,26). The predicted molar refractivity (Wildman–Crippen MR) is 128 cm³/mol. The van der Waals surface area contributed by atoms with Gasteiger partial charge in [0.15, 0.2) is 11.1 Å². The summed E-state index contributed by atoms with van der Waals surface area (Å²) >= 11 is 1.68. The molecule has 1 heterocycles. The quantitative estimate of drug-likeness (QED) is 0.212. The van der Waals surface area contributed by atoms with Gasteiger partial charge in [-0.25, -0.2) is 0 Å². The largest absolute Gasteiger partial charge is 0.388 e. The number of nitrogens with zero attached hydrogens (tertiary/aromatic N) is 4. The highest BCUT2D eigenvalue weighted by molar-refractivity contribution is 7.98. The lowest BCUT2D eigenvalue weighted by molar-refractivity contribution is 0.168. The van der Waals surface area contributed by atoms with Gasteiger partial charge in [0.1, 0.15) is 5.82 Å². The number of guanidine groups is 1. The number of rotatable bonds is 11. The van der Waals surface area contributed by atoms with E-state index < -0.39 is 6.10 Å². The summed E-state index contributed by atoms with van der Waals surface area (Å²) in [6, 6.07) is 10.3. The zero-order valence-corrected chi connectivity index (χ0v) is 19.6. The van der Waals surface area contributed by atoms with Gasteiger partial charge in [-0.1, -0.05) is 54.9 Å². The van der Waals surface area contributed by atoms with Crippen molar-refractivity contribution >= 4 is 17.7 Å². The highest BCUT2D eigenvalue weighted by atomic mass is 32.2. The number of hydrogen-bond donors (Lipinski definition) is 3.